The van der Waals surface area contributed by atoms with Crippen molar-refractivity contribution in [2.45, 2.75) is 36.9 Å². The van der Waals surface area contributed by atoms with Gasteiger partial charge in [-0.2, -0.15) is 0 Å². The van der Waals surface area contributed by atoms with Crippen molar-refractivity contribution in [3.8, 4) is 0 Å². The van der Waals surface area contributed by atoms with Crippen molar-refractivity contribution in [1.29, 1.82) is 0 Å². The first-order valence-electron chi connectivity index (χ1n) is 7.18. The highest BCUT2D eigenvalue weighted by atomic mass is 32.2. The van der Waals surface area contributed by atoms with Crippen LogP contribution in [0.4, 0.5) is 5.82 Å². The van der Waals surface area contributed by atoms with Crippen LogP contribution in [0, 0.1) is 0 Å². The number of rotatable bonds is 4. The Bertz CT molecular complexity index is 512. The van der Waals surface area contributed by atoms with Crippen LogP contribution in [0.1, 0.15) is 31.2 Å². The molecule has 108 valence electrons. The van der Waals surface area contributed by atoms with Crippen LogP contribution in [0.3, 0.4) is 0 Å². The lowest BCUT2D eigenvalue weighted by atomic mass is 10.0. The number of aromatic nitrogens is 2. The maximum absolute atomic E-state index is 5.31. The molecule has 1 aromatic heterocycles. The highest BCUT2D eigenvalue weighted by Crippen LogP contribution is 2.34. The summed E-state index contributed by atoms with van der Waals surface area (Å²) < 4.78 is 5.31. The van der Waals surface area contributed by atoms with Gasteiger partial charge in [-0.15, -0.1) is 0 Å². The number of hydrogen-bond acceptors (Lipinski definition) is 5. The minimum Gasteiger partial charge on any atom is -0.380 e. The normalized spacial score (nSPS) is 19.1. The Morgan fingerprint density at radius 1 is 1.40 bits per heavy atom. The Hall–Kier alpha value is -1.07. The van der Waals surface area contributed by atoms with E-state index in [0.717, 1.165) is 23.1 Å². The lowest BCUT2D eigenvalue weighted by molar-refractivity contribution is 0.224. The van der Waals surface area contributed by atoms with E-state index in [2.05, 4.69) is 16.0 Å². The zero-order valence-electron chi connectivity index (χ0n) is 12.1. The molecule has 1 aliphatic carbocycles. The fourth-order valence-electron chi connectivity index (χ4n) is 3.15. The predicted molar refractivity (Wildman–Crippen MR) is 83.3 cm³/mol. The topological polar surface area (TPSA) is 38.3 Å². The summed E-state index contributed by atoms with van der Waals surface area (Å²) in [5.74, 6) is 1.11. The molecule has 0 atom stereocenters. The Morgan fingerprint density at radius 2 is 2.20 bits per heavy atom. The predicted octanol–water partition coefficient (Wildman–Crippen LogP) is 2.99. The van der Waals surface area contributed by atoms with Crippen molar-refractivity contribution in [3.05, 3.63) is 17.3 Å². The molecule has 0 N–H and O–H groups in total. The molecule has 2 aliphatic rings. The summed E-state index contributed by atoms with van der Waals surface area (Å²) in [6.07, 6.45) is 11.4. The van der Waals surface area contributed by atoms with E-state index in [9.17, 15) is 0 Å². The summed E-state index contributed by atoms with van der Waals surface area (Å²) >= 11 is 1.60. The quantitative estimate of drug-likeness (QED) is 0.630. The molecule has 0 amide bonds. The van der Waals surface area contributed by atoms with Crippen LogP contribution in [-0.2, 0) is 4.74 Å². The Labute approximate surface area is 124 Å². The van der Waals surface area contributed by atoms with Crippen LogP contribution in [-0.4, -0.2) is 42.5 Å². The molecular weight excluding hydrogens is 270 g/mol. The van der Waals surface area contributed by atoms with E-state index >= 15 is 0 Å². The van der Waals surface area contributed by atoms with Gasteiger partial charge in [-0.05, 0) is 30.7 Å². The summed E-state index contributed by atoms with van der Waals surface area (Å²) in [6, 6.07) is 0.624. The molecule has 3 rings (SSSR count). The number of nitrogens with zero attached hydrogens (tertiary/aromatic N) is 3. The molecule has 0 unspecified atom stereocenters. The Morgan fingerprint density at radius 3 is 2.90 bits per heavy atom. The van der Waals surface area contributed by atoms with Crippen molar-refractivity contribution in [3.63, 3.8) is 0 Å². The van der Waals surface area contributed by atoms with Crippen LogP contribution >= 0.6 is 11.8 Å². The first-order chi connectivity index (χ1) is 9.81. The molecule has 4 nitrogen and oxygen atoms in total. The number of anilines is 1. The van der Waals surface area contributed by atoms with Gasteiger partial charge in [0, 0.05) is 31.5 Å². The lowest BCUT2D eigenvalue weighted by Crippen LogP contribution is -2.38. The fourth-order valence-corrected chi connectivity index (χ4v) is 3.48. The number of fused-ring (bicyclic) bond motifs is 1. The summed E-state index contributed by atoms with van der Waals surface area (Å²) in [5, 5.41) is 0.857. The van der Waals surface area contributed by atoms with E-state index in [1.54, 1.807) is 18.9 Å². The third-order valence-corrected chi connectivity index (χ3v) is 4.62. The molecular formula is C15H21N3OS. The van der Waals surface area contributed by atoms with Gasteiger partial charge in [-0.1, -0.05) is 24.6 Å². The summed E-state index contributed by atoms with van der Waals surface area (Å²) in [7, 11) is 1.75. The monoisotopic (exact) mass is 291 g/mol. The van der Waals surface area contributed by atoms with E-state index < -0.39 is 0 Å². The second kappa shape index (κ2) is 6.14. The molecule has 1 aromatic rings. The van der Waals surface area contributed by atoms with Crippen molar-refractivity contribution in [2.75, 3.05) is 31.4 Å². The first-order valence-corrected chi connectivity index (χ1v) is 8.40. The largest absolute Gasteiger partial charge is 0.380 e. The molecule has 1 saturated carbocycles. The van der Waals surface area contributed by atoms with Crippen LogP contribution in [0.15, 0.2) is 16.9 Å². The van der Waals surface area contributed by atoms with Gasteiger partial charge < -0.3 is 9.64 Å². The molecule has 0 radical (unpaired) electrons. The van der Waals surface area contributed by atoms with E-state index in [1.807, 2.05) is 12.5 Å². The first kappa shape index (κ1) is 13.9. The molecule has 2 heterocycles. The minimum atomic E-state index is 0.624. The smallest absolute Gasteiger partial charge is 0.189 e. The summed E-state index contributed by atoms with van der Waals surface area (Å²) in [6.45, 7) is 1.63. The third kappa shape index (κ3) is 2.69. The number of thioether (sulfide) groups is 1. The average Bonchev–Trinajstić information content (AvgIpc) is 3.00. The highest BCUT2D eigenvalue weighted by molar-refractivity contribution is 7.98. The summed E-state index contributed by atoms with van der Waals surface area (Å²) in [4.78, 5) is 11.6. The van der Waals surface area contributed by atoms with Gasteiger partial charge in [0.25, 0.3) is 0 Å². The average molecular weight is 291 g/mol. The van der Waals surface area contributed by atoms with Gasteiger partial charge in [0.05, 0.1) is 6.61 Å². The standard InChI is InChI=1S/C15H21N3OS/c1-19-10-11-7-12-8-16-15(20-2)17-14(12)18(9-11)13-5-3-4-6-13/h7-8,13H,3-6,9-10H2,1-2H3. The molecule has 0 bridgehead atoms. The fraction of sp³-hybridized carbons (Fsp3) is 0.600. The number of hydrogen-bond donors (Lipinski definition) is 0. The van der Waals surface area contributed by atoms with Crippen LogP contribution in [0.2, 0.25) is 0 Å². The SMILES string of the molecule is COCC1=Cc2cnc(SC)nc2N(C2CCCC2)C1. The molecule has 0 saturated heterocycles. The van der Waals surface area contributed by atoms with Gasteiger partial charge in [-0.3, -0.25) is 0 Å². The molecule has 1 aliphatic heterocycles. The third-order valence-electron chi connectivity index (χ3n) is 4.06. The molecule has 0 aromatic carbocycles. The molecule has 0 spiro atoms. The molecule has 20 heavy (non-hydrogen) atoms. The zero-order valence-corrected chi connectivity index (χ0v) is 12.9. The Balaban J connectivity index is 1.97. The highest BCUT2D eigenvalue weighted by Gasteiger charge is 2.28. The Kier molecular flexibility index (Phi) is 4.27. The van der Waals surface area contributed by atoms with Gasteiger partial charge in [0.15, 0.2) is 5.16 Å². The second-order valence-corrected chi connectivity index (χ2v) is 6.21. The maximum Gasteiger partial charge on any atom is 0.189 e. The van der Waals surface area contributed by atoms with Gasteiger partial charge in [0.1, 0.15) is 5.82 Å². The minimum absolute atomic E-state index is 0.624. The van der Waals surface area contributed by atoms with E-state index in [4.69, 9.17) is 9.72 Å². The van der Waals surface area contributed by atoms with Crippen molar-refractivity contribution in [2.24, 2.45) is 0 Å². The zero-order chi connectivity index (χ0) is 13.9. The maximum atomic E-state index is 5.31. The molecule has 1 fully saturated rings. The summed E-state index contributed by atoms with van der Waals surface area (Å²) in [5.41, 5.74) is 2.44. The van der Waals surface area contributed by atoms with Gasteiger partial charge >= 0.3 is 0 Å². The van der Waals surface area contributed by atoms with Gasteiger partial charge in [0.2, 0.25) is 0 Å². The van der Waals surface area contributed by atoms with E-state index in [-0.39, 0.29) is 0 Å². The van der Waals surface area contributed by atoms with Crippen molar-refractivity contribution >= 4 is 23.7 Å². The van der Waals surface area contributed by atoms with Gasteiger partial charge in [-0.25, -0.2) is 9.97 Å². The van der Waals surface area contributed by atoms with E-state index in [0.29, 0.717) is 12.6 Å². The lowest BCUT2D eigenvalue weighted by Gasteiger charge is -2.35. The van der Waals surface area contributed by atoms with Crippen molar-refractivity contribution in [1.82, 2.24) is 9.97 Å². The van der Waals surface area contributed by atoms with Crippen LogP contribution < -0.4 is 4.90 Å². The second-order valence-electron chi connectivity index (χ2n) is 5.44. The molecule has 5 heteroatoms. The van der Waals surface area contributed by atoms with Crippen molar-refractivity contribution < 1.29 is 4.74 Å². The number of methoxy groups -OCH3 is 1. The van der Waals surface area contributed by atoms with E-state index in [1.165, 1.54) is 31.3 Å². The van der Waals surface area contributed by atoms with Crippen LogP contribution in [0.5, 0.6) is 0 Å². The number of ether oxygens (including phenoxy) is 1. The van der Waals surface area contributed by atoms with Crippen LogP contribution in [0.25, 0.3) is 6.08 Å².